The molecule has 5 nitrogen and oxygen atoms in total. The molecule has 0 bridgehead atoms. The molecule has 2 aromatic rings. The Labute approximate surface area is 183 Å². The summed E-state index contributed by atoms with van der Waals surface area (Å²) in [6.45, 7) is 5.74. The van der Waals surface area contributed by atoms with Crippen LogP contribution >= 0.6 is 23.2 Å². The van der Waals surface area contributed by atoms with Crippen LogP contribution in [-0.4, -0.2) is 58.5 Å². The lowest BCUT2D eigenvalue weighted by Gasteiger charge is -2.36. The summed E-state index contributed by atoms with van der Waals surface area (Å²) in [7, 11) is 3.25. The SMILES string of the molecule is COc1ccc(OCCCCN2CCN(c3cccc(Cl)c3Cl)CC2)cc1OC. The maximum atomic E-state index is 6.35. The minimum atomic E-state index is 0.612. The van der Waals surface area contributed by atoms with Crippen molar-refractivity contribution >= 4 is 28.9 Å². The minimum Gasteiger partial charge on any atom is -0.493 e. The Morgan fingerprint density at radius 2 is 1.66 bits per heavy atom. The van der Waals surface area contributed by atoms with Gasteiger partial charge in [-0.05, 0) is 43.7 Å². The number of ether oxygens (including phenoxy) is 3. The molecule has 1 aliphatic rings. The van der Waals surface area contributed by atoms with Gasteiger partial charge >= 0.3 is 0 Å². The van der Waals surface area contributed by atoms with E-state index in [1.165, 1.54) is 0 Å². The molecule has 0 unspecified atom stereocenters. The van der Waals surface area contributed by atoms with E-state index < -0.39 is 0 Å². The van der Waals surface area contributed by atoms with Crippen LogP contribution in [0.4, 0.5) is 5.69 Å². The third-order valence-electron chi connectivity index (χ3n) is 5.14. The molecule has 2 aromatic carbocycles. The van der Waals surface area contributed by atoms with Crippen LogP contribution in [0, 0.1) is 0 Å². The van der Waals surface area contributed by atoms with Crippen LogP contribution in [0.3, 0.4) is 0 Å². The summed E-state index contributed by atoms with van der Waals surface area (Å²) in [5, 5.41) is 1.26. The van der Waals surface area contributed by atoms with Gasteiger partial charge in [-0.15, -0.1) is 0 Å². The fourth-order valence-electron chi connectivity index (χ4n) is 3.48. The number of hydrogen-bond acceptors (Lipinski definition) is 5. The van der Waals surface area contributed by atoms with Crippen LogP contribution < -0.4 is 19.1 Å². The number of methoxy groups -OCH3 is 2. The van der Waals surface area contributed by atoms with Crippen LogP contribution in [0.2, 0.25) is 10.0 Å². The largest absolute Gasteiger partial charge is 0.493 e. The van der Waals surface area contributed by atoms with Crippen molar-refractivity contribution in [2.24, 2.45) is 0 Å². The van der Waals surface area contributed by atoms with Crippen LogP contribution in [-0.2, 0) is 0 Å². The van der Waals surface area contributed by atoms with E-state index >= 15 is 0 Å². The highest BCUT2D eigenvalue weighted by Gasteiger charge is 2.19. The Morgan fingerprint density at radius 1 is 0.897 bits per heavy atom. The number of halogens is 2. The van der Waals surface area contributed by atoms with Gasteiger partial charge in [0.15, 0.2) is 11.5 Å². The lowest BCUT2D eigenvalue weighted by molar-refractivity contribution is 0.238. The Kier molecular flexibility index (Phi) is 8.16. The van der Waals surface area contributed by atoms with Gasteiger partial charge in [0, 0.05) is 32.2 Å². The summed E-state index contributed by atoms with van der Waals surface area (Å²) in [5.74, 6) is 2.19. The number of unbranched alkanes of at least 4 members (excludes halogenated alkanes) is 1. The zero-order valence-corrected chi connectivity index (χ0v) is 18.5. The van der Waals surface area contributed by atoms with Crippen molar-refractivity contribution in [2.45, 2.75) is 12.8 Å². The third kappa shape index (κ3) is 5.84. The predicted octanol–water partition coefficient (Wildman–Crippen LogP) is 4.99. The number of anilines is 1. The molecule has 0 aliphatic carbocycles. The van der Waals surface area contributed by atoms with Crippen molar-refractivity contribution in [1.29, 1.82) is 0 Å². The molecular weight excluding hydrogens is 411 g/mol. The highest BCUT2D eigenvalue weighted by molar-refractivity contribution is 6.43. The first-order chi connectivity index (χ1) is 14.1. The molecule has 1 saturated heterocycles. The molecule has 29 heavy (non-hydrogen) atoms. The van der Waals surface area contributed by atoms with Crippen LogP contribution in [0.25, 0.3) is 0 Å². The summed E-state index contributed by atoms with van der Waals surface area (Å²) in [5.41, 5.74) is 1.03. The molecule has 0 amide bonds. The second kappa shape index (κ2) is 10.8. The van der Waals surface area contributed by atoms with Crippen molar-refractivity contribution in [1.82, 2.24) is 4.90 Å². The minimum absolute atomic E-state index is 0.612. The Balaban J connectivity index is 1.35. The van der Waals surface area contributed by atoms with E-state index in [4.69, 9.17) is 37.4 Å². The zero-order chi connectivity index (χ0) is 20.6. The number of rotatable bonds is 9. The number of benzene rings is 2. The number of nitrogens with zero attached hydrogens (tertiary/aromatic N) is 2. The molecule has 0 atom stereocenters. The van der Waals surface area contributed by atoms with Crippen LogP contribution in [0.15, 0.2) is 36.4 Å². The van der Waals surface area contributed by atoms with Crippen molar-refractivity contribution in [2.75, 3.05) is 58.5 Å². The lowest BCUT2D eigenvalue weighted by Crippen LogP contribution is -2.46. The van der Waals surface area contributed by atoms with Gasteiger partial charge in [0.1, 0.15) is 5.75 Å². The maximum absolute atomic E-state index is 6.35. The van der Waals surface area contributed by atoms with E-state index in [0.29, 0.717) is 28.2 Å². The van der Waals surface area contributed by atoms with Gasteiger partial charge in [-0.3, -0.25) is 4.90 Å². The summed E-state index contributed by atoms with van der Waals surface area (Å²) in [6, 6.07) is 11.4. The molecule has 3 rings (SSSR count). The molecule has 0 saturated carbocycles. The van der Waals surface area contributed by atoms with E-state index in [1.807, 2.05) is 36.4 Å². The van der Waals surface area contributed by atoms with Crippen molar-refractivity contribution < 1.29 is 14.2 Å². The van der Waals surface area contributed by atoms with Gasteiger partial charge < -0.3 is 19.1 Å². The highest BCUT2D eigenvalue weighted by atomic mass is 35.5. The zero-order valence-electron chi connectivity index (χ0n) is 17.0. The Morgan fingerprint density at radius 3 is 2.38 bits per heavy atom. The Hall–Kier alpha value is -1.82. The lowest BCUT2D eigenvalue weighted by atomic mass is 10.2. The fourth-order valence-corrected chi connectivity index (χ4v) is 3.90. The van der Waals surface area contributed by atoms with Crippen molar-refractivity contribution in [3.05, 3.63) is 46.4 Å². The summed E-state index contributed by atoms with van der Waals surface area (Å²) < 4.78 is 16.4. The van der Waals surface area contributed by atoms with E-state index in [9.17, 15) is 0 Å². The van der Waals surface area contributed by atoms with Crippen LogP contribution in [0.5, 0.6) is 17.2 Å². The molecule has 158 valence electrons. The van der Waals surface area contributed by atoms with Crippen LogP contribution in [0.1, 0.15) is 12.8 Å². The van der Waals surface area contributed by atoms with Crippen molar-refractivity contribution in [3.63, 3.8) is 0 Å². The fraction of sp³-hybridized carbons (Fsp3) is 0.455. The smallest absolute Gasteiger partial charge is 0.164 e. The monoisotopic (exact) mass is 438 g/mol. The topological polar surface area (TPSA) is 34.2 Å². The molecule has 0 spiro atoms. The van der Waals surface area contributed by atoms with Crippen molar-refractivity contribution in [3.8, 4) is 17.2 Å². The second-order valence-electron chi connectivity index (χ2n) is 6.97. The molecule has 1 fully saturated rings. The summed E-state index contributed by atoms with van der Waals surface area (Å²) in [6.07, 6.45) is 2.11. The first-order valence-electron chi connectivity index (χ1n) is 9.88. The number of hydrogen-bond donors (Lipinski definition) is 0. The molecule has 0 aromatic heterocycles. The molecule has 1 heterocycles. The standard InChI is InChI=1S/C22H28Cl2N2O3/c1-27-20-9-8-17(16-21(20)28-2)29-15-4-3-10-25-11-13-26(14-12-25)19-7-5-6-18(23)22(19)24/h5-9,16H,3-4,10-15H2,1-2H3. The average molecular weight is 439 g/mol. The Bertz CT molecular complexity index is 796. The van der Waals surface area contributed by atoms with Gasteiger partial charge in [0.25, 0.3) is 0 Å². The molecule has 0 radical (unpaired) electrons. The molecule has 1 aliphatic heterocycles. The van der Waals surface area contributed by atoms with Gasteiger partial charge in [-0.1, -0.05) is 29.3 Å². The summed E-state index contributed by atoms with van der Waals surface area (Å²) >= 11 is 12.5. The molecule has 7 heteroatoms. The van der Waals surface area contributed by atoms with Gasteiger partial charge in [-0.2, -0.15) is 0 Å². The van der Waals surface area contributed by atoms with E-state index in [0.717, 1.165) is 57.0 Å². The van der Waals surface area contributed by atoms with E-state index in [-0.39, 0.29) is 0 Å². The second-order valence-corrected chi connectivity index (χ2v) is 7.76. The average Bonchev–Trinajstić information content (AvgIpc) is 2.76. The first kappa shape index (κ1) is 21.9. The predicted molar refractivity (Wildman–Crippen MR) is 119 cm³/mol. The normalized spacial score (nSPS) is 14.7. The molecular formula is C22H28Cl2N2O3. The molecule has 0 N–H and O–H groups in total. The highest BCUT2D eigenvalue weighted by Crippen LogP contribution is 2.33. The van der Waals surface area contributed by atoms with Gasteiger partial charge in [0.2, 0.25) is 0 Å². The van der Waals surface area contributed by atoms with E-state index in [1.54, 1.807) is 14.2 Å². The quantitative estimate of drug-likeness (QED) is 0.515. The third-order valence-corrected chi connectivity index (χ3v) is 5.95. The van der Waals surface area contributed by atoms with Gasteiger partial charge in [0.05, 0.1) is 36.6 Å². The first-order valence-corrected chi connectivity index (χ1v) is 10.6. The number of piperazine rings is 1. The van der Waals surface area contributed by atoms with Gasteiger partial charge in [-0.25, -0.2) is 0 Å². The van der Waals surface area contributed by atoms with E-state index in [2.05, 4.69) is 9.80 Å². The maximum Gasteiger partial charge on any atom is 0.164 e. The summed E-state index contributed by atoms with van der Waals surface area (Å²) in [4.78, 5) is 4.80.